The van der Waals surface area contributed by atoms with Gasteiger partial charge in [0.15, 0.2) is 0 Å². The smallest absolute Gasteiger partial charge is 0.219 e. The number of anilines is 3. The van der Waals surface area contributed by atoms with Crippen LogP contribution in [0, 0.1) is 0 Å². The topological polar surface area (TPSA) is 48.7 Å². The summed E-state index contributed by atoms with van der Waals surface area (Å²) in [6.07, 6.45) is 8.16. The Balaban J connectivity index is 1.15. The van der Waals surface area contributed by atoms with E-state index in [1.165, 1.54) is 55.2 Å². The maximum Gasteiger partial charge on any atom is 0.219 e. The highest BCUT2D eigenvalue weighted by Gasteiger charge is 2.25. The Morgan fingerprint density at radius 3 is 1.13 bits per heavy atom. The van der Waals surface area contributed by atoms with Crippen molar-refractivity contribution in [3.05, 3.63) is 199 Å². The molecule has 0 amide bonds. The molecule has 4 aromatic heterocycles. The van der Waals surface area contributed by atoms with Crippen molar-refractivity contribution in [1.29, 1.82) is 0 Å². The third-order valence-corrected chi connectivity index (χ3v) is 13.7. The molecule has 0 aliphatic carbocycles. The molecule has 0 atom stereocenters. The van der Waals surface area contributed by atoms with Gasteiger partial charge in [-0.25, -0.2) is 9.97 Å². The summed E-state index contributed by atoms with van der Waals surface area (Å²) in [6, 6.07) is 55.5. The number of benzene rings is 7. The summed E-state index contributed by atoms with van der Waals surface area (Å²) in [5.41, 5.74) is 15.2. The van der Waals surface area contributed by atoms with E-state index in [0.717, 1.165) is 51.0 Å². The first-order valence-corrected chi connectivity index (χ1v) is 23.9. The second kappa shape index (κ2) is 16.7. The third kappa shape index (κ3) is 6.86. The molecule has 0 saturated carbocycles. The minimum Gasteiger partial charge on any atom is -0.310 e. The van der Waals surface area contributed by atoms with E-state index < -0.39 is 0 Å². The van der Waals surface area contributed by atoms with E-state index in [0.29, 0.717) is 23.7 Å². The van der Waals surface area contributed by atoms with Gasteiger partial charge in [0.05, 0.1) is 33.4 Å². The molecule has 7 heteroatoms. The summed E-state index contributed by atoms with van der Waals surface area (Å²) in [7, 11) is 0. The predicted octanol–water partition coefficient (Wildman–Crippen LogP) is 16.2. The summed E-state index contributed by atoms with van der Waals surface area (Å²) >= 11 is 0. The van der Waals surface area contributed by atoms with Crippen molar-refractivity contribution in [1.82, 2.24) is 28.2 Å². The summed E-state index contributed by atoms with van der Waals surface area (Å²) in [5.74, 6) is 3.06. The predicted molar refractivity (Wildman–Crippen MR) is 280 cm³/mol. The van der Waals surface area contributed by atoms with Crippen LogP contribution in [0.2, 0.25) is 0 Å². The van der Waals surface area contributed by atoms with Crippen molar-refractivity contribution in [3.8, 4) is 23.3 Å². The van der Waals surface area contributed by atoms with Gasteiger partial charge in [0.2, 0.25) is 11.9 Å². The van der Waals surface area contributed by atoms with Crippen LogP contribution in [0.5, 0.6) is 0 Å². The minimum atomic E-state index is 0.331. The first kappa shape index (κ1) is 42.0. The number of hydrogen-bond donors (Lipinski definition) is 0. The first-order valence-electron chi connectivity index (χ1n) is 23.9. The molecule has 332 valence electrons. The van der Waals surface area contributed by atoms with Gasteiger partial charge in [0, 0.05) is 63.4 Å². The molecule has 7 aromatic carbocycles. The Hall–Kier alpha value is -7.64. The average Bonchev–Trinajstić information content (AvgIpc) is 4.15. The SMILES string of the molecule is CC(C)c1cccc(C(C)C)c1-n1ccnc1-n1c2ccccc2c2ccc(N(c3ccccc3)c3ccc4c5ccccc5n(-c5nccn5-c5c(C(C)C)cccc5C(C)C)c4c3)cc21. The standard InChI is InChI=1S/C60H57N7/c1-38(2)45-22-16-23-46(39(3)4)57(45)63-34-32-61-59(63)66-53-26-14-12-20-49(53)51-30-28-43(36-55(51)66)65(42-18-10-9-11-19-42)44-29-31-52-50-21-13-15-27-54(50)67(56(52)37-44)60-62-33-35-64(60)58-47(40(5)6)24-17-25-48(58)41(7)8/h9-41H,1-8H3. The number of nitrogens with zero attached hydrogens (tertiary/aromatic N) is 7. The lowest BCUT2D eigenvalue weighted by Gasteiger charge is -2.26. The second-order valence-electron chi connectivity index (χ2n) is 19.2. The zero-order chi connectivity index (χ0) is 46.1. The third-order valence-electron chi connectivity index (χ3n) is 13.7. The highest BCUT2D eigenvalue weighted by Crippen LogP contribution is 2.43. The van der Waals surface area contributed by atoms with Crippen molar-refractivity contribution in [2.45, 2.75) is 79.1 Å². The molecule has 0 aliphatic rings. The zero-order valence-corrected chi connectivity index (χ0v) is 39.7. The Morgan fingerprint density at radius 2 is 0.731 bits per heavy atom. The van der Waals surface area contributed by atoms with Gasteiger partial charge >= 0.3 is 0 Å². The normalized spacial score (nSPS) is 12.1. The van der Waals surface area contributed by atoms with Gasteiger partial charge in [-0.05, 0) is 94.5 Å². The van der Waals surface area contributed by atoms with E-state index in [9.17, 15) is 0 Å². The van der Waals surface area contributed by atoms with Crippen LogP contribution in [0.15, 0.2) is 176 Å². The summed E-state index contributed by atoms with van der Waals surface area (Å²) in [6.45, 7) is 18.3. The Labute approximate surface area is 393 Å². The number of rotatable bonds is 11. The first-order chi connectivity index (χ1) is 32.6. The zero-order valence-electron chi connectivity index (χ0n) is 39.7. The number of hydrogen-bond acceptors (Lipinski definition) is 3. The van der Waals surface area contributed by atoms with Crippen LogP contribution in [0.25, 0.3) is 66.9 Å². The monoisotopic (exact) mass is 875 g/mol. The summed E-state index contributed by atoms with van der Waals surface area (Å²) in [4.78, 5) is 12.7. The Morgan fingerprint density at radius 1 is 0.358 bits per heavy atom. The van der Waals surface area contributed by atoms with Crippen LogP contribution in [0.1, 0.15) is 101 Å². The summed E-state index contributed by atoms with van der Waals surface area (Å²) in [5, 5.41) is 4.72. The quantitative estimate of drug-likeness (QED) is 0.130. The van der Waals surface area contributed by atoms with E-state index >= 15 is 0 Å². The van der Waals surface area contributed by atoms with Crippen LogP contribution >= 0.6 is 0 Å². The fraction of sp³-hybridized carbons (Fsp3) is 0.200. The molecule has 11 aromatic rings. The lowest BCUT2D eigenvalue weighted by Crippen LogP contribution is -2.12. The molecule has 4 heterocycles. The molecule has 7 nitrogen and oxygen atoms in total. The number of fused-ring (bicyclic) bond motifs is 6. The molecule has 0 radical (unpaired) electrons. The molecule has 11 rings (SSSR count). The molecule has 67 heavy (non-hydrogen) atoms. The van der Waals surface area contributed by atoms with Gasteiger partial charge in [-0.2, -0.15) is 0 Å². The number of para-hydroxylation sites is 5. The van der Waals surface area contributed by atoms with Crippen LogP contribution < -0.4 is 4.90 Å². The maximum atomic E-state index is 5.18. The molecule has 0 N–H and O–H groups in total. The van der Waals surface area contributed by atoms with Gasteiger partial charge in [-0.1, -0.05) is 159 Å². The fourth-order valence-corrected chi connectivity index (χ4v) is 10.5. The fourth-order valence-electron chi connectivity index (χ4n) is 10.5. The van der Waals surface area contributed by atoms with Gasteiger partial charge in [-0.3, -0.25) is 18.3 Å². The van der Waals surface area contributed by atoms with Crippen LogP contribution in [0.3, 0.4) is 0 Å². The molecule has 0 saturated heterocycles. The number of imidazole rings is 2. The highest BCUT2D eigenvalue weighted by atomic mass is 15.3. The van der Waals surface area contributed by atoms with Crippen molar-refractivity contribution in [3.63, 3.8) is 0 Å². The molecule has 0 aliphatic heterocycles. The van der Waals surface area contributed by atoms with Gasteiger partial charge < -0.3 is 4.90 Å². The Kier molecular flexibility index (Phi) is 10.4. The van der Waals surface area contributed by atoms with Crippen molar-refractivity contribution in [2.75, 3.05) is 4.90 Å². The van der Waals surface area contributed by atoms with Crippen LogP contribution in [-0.2, 0) is 0 Å². The van der Waals surface area contributed by atoms with E-state index in [1.54, 1.807) is 0 Å². The Bertz CT molecular complexity index is 3340. The maximum absolute atomic E-state index is 5.18. The lowest BCUT2D eigenvalue weighted by molar-refractivity contribution is 0.796. The van der Waals surface area contributed by atoms with Gasteiger partial charge in [-0.15, -0.1) is 0 Å². The van der Waals surface area contributed by atoms with E-state index in [1.807, 2.05) is 12.4 Å². The van der Waals surface area contributed by atoms with Crippen LogP contribution in [0.4, 0.5) is 17.1 Å². The molecule has 0 spiro atoms. The molecule has 0 fully saturated rings. The van der Waals surface area contributed by atoms with E-state index in [-0.39, 0.29) is 0 Å². The van der Waals surface area contributed by atoms with Crippen molar-refractivity contribution >= 4 is 60.7 Å². The van der Waals surface area contributed by atoms with Gasteiger partial charge in [0.1, 0.15) is 0 Å². The lowest BCUT2D eigenvalue weighted by atomic mass is 9.92. The minimum absolute atomic E-state index is 0.331. The molecular formula is C60H57N7. The van der Waals surface area contributed by atoms with Gasteiger partial charge in [0.25, 0.3) is 0 Å². The van der Waals surface area contributed by atoms with Crippen LogP contribution in [-0.4, -0.2) is 28.2 Å². The average molecular weight is 876 g/mol. The molecule has 0 unspecified atom stereocenters. The van der Waals surface area contributed by atoms with E-state index in [4.69, 9.17) is 9.97 Å². The van der Waals surface area contributed by atoms with Crippen molar-refractivity contribution < 1.29 is 0 Å². The second-order valence-corrected chi connectivity index (χ2v) is 19.2. The largest absolute Gasteiger partial charge is 0.310 e. The molecular weight excluding hydrogens is 819 g/mol. The van der Waals surface area contributed by atoms with Crippen molar-refractivity contribution in [2.24, 2.45) is 0 Å². The number of aromatic nitrogens is 6. The molecule has 0 bridgehead atoms. The van der Waals surface area contributed by atoms with E-state index in [2.05, 4.69) is 243 Å². The highest BCUT2D eigenvalue weighted by molar-refractivity contribution is 6.12. The summed E-state index contributed by atoms with van der Waals surface area (Å²) < 4.78 is 9.36.